The van der Waals surface area contributed by atoms with Crippen molar-refractivity contribution >= 4 is 34.3 Å². The second kappa shape index (κ2) is 5.97. The summed E-state index contributed by atoms with van der Waals surface area (Å²) in [6, 6.07) is 7.41. The molecule has 3 aliphatic rings. The Labute approximate surface area is 169 Å². The van der Waals surface area contributed by atoms with Crippen molar-refractivity contribution in [1.29, 1.82) is 0 Å². The molecule has 7 heteroatoms. The molecule has 28 heavy (non-hydrogen) atoms. The first-order chi connectivity index (χ1) is 13.3. The minimum absolute atomic E-state index is 0.0668. The van der Waals surface area contributed by atoms with E-state index in [0.717, 1.165) is 10.9 Å². The average molecular weight is 402 g/mol. The number of nitrogens with zero attached hydrogens (tertiary/aromatic N) is 3. The Morgan fingerprint density at radius 2 is 2.14 bits per heavy atom. The number of fused-ring (bicyclic) bond motifs is 1. The molecule has 0 N–H and O–H groups in total. The molecule has 0 radical (unpaired) electrons. The summed E-state index contributed by atoms with van der Waals surface area (Å²) in [5, 5.41) is 1.56. The summed E-state index contributed by atoms with van der Waals surface area (Å²) in [5.74, 6) is 0.355. The van der Waals surface area contributed by atoms with Gasteiger partial charge in [-0.3, -0.25) is 9.59 Å². The molecule has 2 amide bonds. The van der Waals surface area contributed by atoms with Gasteiger partial charge in [-0.2, -0.15) is 0 Å². The molecule has 0 saturated carbocycles. The minimum Gasteiger partial charge on any atom is -0.351 e. The van der Waals surface area contributed by atoms with Gasteiger partial charge < -0.3 is 19.1 Å². The molecule has 0 unspecified atom stereocenters. The van der Waals surface area contributed by atoms with E-state index in [9.17, 15) is 9.59 Å². The van der Waals surface area contributed by atoms with Crippen LogP contribution >= 0.6 is 11.6 Å². The van der Waals surface area contributed by atoms with Crippen molar-refractivity contribution < 1.29 is 14.3 Å². The second-order valence-corrected chi connectivity index (χ2v) is 8.87. The maximum atomic E-state index is 13.5. The number of aryl methyl sites for hydroxylation is 1. The summed E-state index contributed by atoms with van der Waals surface area (Å²) in [6.07, 6.45) is 1.00. The van der Waals surface area contributed by atoms with Crippen molar-refractivity contribution in [2.45, 2.75) is 44.5 Å². The smallest absolute Gasteiger partial charge is 0.270 e. The summed E-state index contributed by atoms with van der Waals surface area (Å²) < 4.78 is 8.09. The Morgan fingerprint density at radius 3 is 2.86 bits per heavy atom. The normalized spacial score (nSPS) is 29.2. The van der Waals surface area contributed by atoms with Crippen LogP contribution in [0.5, 0.6) is 0 Å². The SMILES string of the molecule is CC(C)[C@@H]1CO[C@@]23CCN(C(=O)c4cc5cccc(Cl)c5n4C)[C@@H]2CC(=O)N13. The van der Waals surface area contributed by atoms with Gasteiger partial charge >= 0.3 is 0 Å². The number of carbonyl (C=O) groups excluding carboxylic acids is 2. The van der Waals surface area contributed by atoms with E-state index in [0.29, 0.717) is 42.6 Å². The second-order valence-electron chi connectivity index (χ2n) is 8.47. The fourth-order valence-electron chi connectivity index (χ4n) is 5.33. The lowest BCUT2D eigenvalue weighted by Gasteiger charge is -2.34. The fraction of sp³-hybridized carbons (Fsp3) is 0.524. The van der Waals surface area contributed by atoms with Crippen LogP contribution in [0.1, 0.15) is 37.2 Å². The van der Waals surface area contributed by atoms with E-state index in [1.54, 1.807) is 0 Å². The molecule has 1 aromatic heterocycles. The standard InChI is InChI=1S/C21H24ClN3O3/c1-12(2)16-11-28-21-7-8-24(17(21)10-18(26)25(16)21)20(27)15-9-13-5-4-6-14(22)19(13)23(15)3/h4-6,9,12,16-17H,7-8,10-11H2,1-3H3/t16-,17+,21-/m0/s1. The molecule has 3 saturated heterocycles. The quantitative estimate of drug-likeness (QED) is 0.777. The first-order valence-corrected chi connectivity index (χ1v) is 10.2. The van der Waals surface area contributed by atoms with Crippen molar-refractivity contribution in [3.8, 4) is 0 Å². The molecule has 3 fully saturated rings. The van der Waals surface area contributed by atoms with E-state index in [2.05, 4.69) is 13.8 Å². The molecular weight excluding hydrogens is 378 g/mol. The van der Waals surface area contributed by atoms with Gasteiger partial charge in [-0.1, -0.05) is 37.6 Å². The summed E-state index contributed by atoms with van der Waals surface area (Å²) >= 11 is 6.35. The van der Waals surface area contributed by atoms with Crippen LogP contribution in [0.4, 0.5) is 0 Å². The third-order valence-corrected chi connectivity index (χ3v) is 7.05. The third-order valence-electron chi connectivity index (χ3n) is 6.74. The summed E-state index contributed by atoms with van der Waals surface area (Å²) in [7, 11) is 1.86. The molecule has 3 atom stereocenters. The maximum Gasteiger partial charge on any atom is 0.270 e. The van der Waals surface area contributed by atoms with Crippen molar-refractivity contribution in [3.05, 3.63) is 35.0 Å². The molecule has 1 aromatic carbocycles. The molecule has 1 spiro atoms. The predicted octanol–water partition coefficient (Wildman–Crippen LogP) is 3.03. The molecule has 0 bridgehead atoms. The zero-order valence-corrected chi connectivity index (χ0v) is 17.1. The number of aromatic nitrogens is 1. The molecule has 0 aliphatic carbocycles. The Balaban J connectivity index is 1.51. The van der Waals surface area contributed by atoms with Gasteiger partial charge in [0, 0.05) is 25.4 Å². The van der Waals surface area contributed by atoms with Gasteiger partial charge in [0.1, 0.15) is 5.69 Å². The average Bonchev–Trinajstić information content (AvgIpc) is 3.35. The van der Waals surface area contributed by atoms with Crippen LogP contribution in [0.15, 0.2) is 24.3 Å². The molecule has 5 rings (SSSR count). The number of hydrogen-bond donors (Lipinski definition) is 0. The van der Waals surface area contributed by atoms with Crippen LogP contribution in [0, 0.1) is 5.92 Å². The zero-order valence-electron chi connectivity index (χ0n) is 16.3. The fourth-order valence-corrected chi connectivity index (χ4v) is 5.64. The Morgan fingerprint density at radius 1 is 1.36 bits per heavy atom. The number of hydrogen-bond acceptors (Lipinski definition) is 3. The predicted molar refractivity (Wildman–Crippen MR) is 106 cm³/mol. The minimum atomic E-state index is -0.649. The van der Waals surface area contributed by atoms with Crippen LogP contribution in [0.25, 0.3) is 10.9 Å². The van der Waals surface area contributed by atoms with Crippen LogP contribution < -0.4 is 0 Å². The van der Waals surface area contributed by atoms with E-state index in [-0.39, 0.29) is 23.9 Å². The van der Waals surface area contributed by atoms with Crippen molar-refractivity contribution in [2.24, 2.45) is 13.0 Å². The molecule has 148 valence electrons. The summed E-state index contributed by atoms with van der Waals surface area (Å²) in [6.45, 7) is 5.37. The van der Waals surface area contributed by atoms with E-state index in [1.165, 1.54) is 0 Å². The van der Waals surface area contributed by atoms with Crippen LogP contribution in [-0.4, -0.2) is 57.1 Å². The van der Waals surface area contributed by atoms with E-state index in [4.69, 9.17) is 16.3 Å². The van der Waals surface area contributed by atoms with Crippen molar-refractivity contribution in [3.63, 3.8) is 0 Å². The number of carbonyl (C=O) groups is 2. The molecule has 3 aliphatic heterocycles. The van der Waals surface area contributed by atoms with Crippen LogP contribution in [-0.2, 0) is 16.6 Å². The number of amides is 2. The van der Waals surface area contributed by atoms with E-state index in [1.807, 2.05) is 45.7 Å². The van der Waals surface area contributed by atoms with Crippen molar-refractivity contribution in [1.82, 2.24) is 14.4 Å². The number of ether oxygens (including phenoxy) is 1. The topological polar surface area (TPSA) is 54.8 Å². The van der Waals surface area contributed by atoms with Gasteiger partial charge in [0.15, 0.2) is 5.72 Å². The van der Waals surface area contributed by atoms with Gasteiger partial charge in [-0.05, 0) is 18.1 Å². The summed E-state index contributed by atoms with van der Waals surface area (Å²) in [4.78, 5) is 30.1. The maximum absolute atomic E-state index is 13.5. The number of benzene rings is 1. The first kappa shape index (κ1) is 18.0. The Bertz CT molecular complexity index is 1000. The van der Waals surface area contributed by atoms with Gasteiger partial charge in [0.2, 0.25) is 5.91 Å². The highest BCUT2D eigenvalue weighted by Crippen LogP contribution is 2.49. The van der Waals surface area contributed by atoms with Crippen LogP contribution in [0.3, 0.4) is 0 Å². The summed E-state index contributed by atoms with van der Waals surface area (Å²) in [5.41, 5.74) is 0.788. The molecule has 2 aromatic rings. The highest BCUT2D eigenvalue weighted by atomic mass is 35.5. The van der Waals surface area contributed by atoms with Crippen molar-refractivity contribution in [2.75, 3.05) is 13.2 Å². The Kier molecular flexibility index (Phi) is 3.84. The van der Waals surface area contributed by atoms with Gasteiger partial charge in [-0.15, -0.1) is 0 Å². The lowest BCUT2D eigenvalue weighted by atomic mass is 10.0. The molecular formula is C21H24ClN3O3. The van der Waals surface area contributed by atoms with E-state index < -0.39 is 5.72 Å². The van der Waals surface area contributed by atoms with Gasteiger partial charge in [0.25, 0.3) is 5.91 Å². The number of para-hydroxylation sites is 1. The molecule has 6 nitrogen and oxygen atoms in total. The number of halogens is 1. The highest BCUT2D eigenvalue weighted by Gasteiger charge is 2.65. The number of likely N-dealkylation sites (tertiary alicyclic amines) is 1. The largest absolute Gasteiger partial charge is 0.351 e. The van der Waals surface area contributed by atoms with E-state index >= 15 is 0 Å². The Hall–Kier alpha value is -2.05. The van der Waals surface area contributed by atoms with Gasteiger partial charge in [0.05, 0.1) is 35.7 Å². The van der Waals surface area contributed by atoms with Crippen LogP contribution in [0.2, 0.25) is 5.02 Å². The van der Waals surface area contributed by atoms with Gasteiger partial charge in [-0.25, -0.2) is 0 Å². The zero-order chi connectivity index (χ0) is 19.8. The monoisotopic (exact) mass is 401 g/mol. The highest BCUT2D eigenvalue weighted by molar-refractivity contribution is 6.35. The third kappa shape index (κ3) is 2.19. The number of rotatable bonds is 2. The lowest BCUT2D eigenvalue weighted by molar-refractivity contribution is -0.139. The lowest BCUT2D eigenvalue weighted by Crippen LogP contribution is -2.51. The first-order valence-electron chi connectivity index (χ1n) is 9.86. The molecule has 4 heterocycles.